The molecule has 0 unspecified atom stereocenters. The fourth-order valence-corrected chi connectivity index (χ4v) is 3.97. The molecule has 9 nitrogen and oxygen atoms in total. The predicted octanol–water partition coefficient (Wildman–Crippen LogP) is 2.55. The topological polar surface area (TPSA) is 126 Å². The molecular weight excluding hydrogens is 394 g/mol. The molecule has 2 aromatic heterocycles. The van der Waals surface area contributed by atoms with Crippen LogP contribution >= 0.6 is 11.8 Å². The number of aromatic nitrogens is 2. The van der Waals surface area contributed by atoms with E-state index in [0.717, 1.165) is 37.4 Å². The molecule has 3 heterocycles. The normalized spacial score (nSPS) is 23.1. The quantitative estimate of drug-likeness (QED) is 0.639. The van der Waals surface area contributed by atoms with Gasteiger partial charge in [0.15, 0.2) is 5.76 Å². The molecule has 10 heteroatoms. The largest absolute Gasteiger partial charge is 0.459 e. The minimum Gasteiger partial charge on any atom is -0.459 e. The second-order valence-corrected chi connectivity index (χ2v) is 7.82. The van der Waals surface area contributed by atoms with Crippen LogP contribution in [0, 0.1) is 0 Å². The van der Waals surface area contributed by atoms with E-state index >= 15 is 0 Å². The number of imide groups is 1. The molecule has 0 atom stereocenters. The van der Waals surface area contributed by atoms with E-state index in [1.165, 1.54) is 6.26 Å². The Bertz CT molecular complexity index is 951. The van der Waals surface area contributed by atoms with Gasteiger partial charge in [-0.05, 0) is 61.7 Å². The van der Waals surface area contributed by atoms with E-state index in [0.29, 0.717) is 22.3 Å². The van der Waals surface area contributed by atoms with Crippen LogP contribution in [0.3, 0.4) is 0 Å². The molecule has 29 heavy (non-hydrogen) atoms. The molecule has 4 rings (SSSR count). The molecule has 2 aliphatic rings. The number of furan rings is 1. The lowest BCUT2D eigenvalue weighted by Gasteiger charge is -2.29. The Labute approximate surface area is 170 Å². The highest BCUT2D eigenvalue weighted by molar-refractivity contribution is 8.18. The van der Waals surface area contributed by atoms with Crippen LogP contribution in [0.2, 0.25) is 0 Å². The molecule has 0 spiro atoms. The van der Waals surface area contributed by atoms with Crippen molar-refractivity contribution in [3.8, 4) is 0 Å². The van der Waals surface area contributed by atoms with Crippen LogP contribution in [0.5, 0.6) is 0 Å². The summed E-state index contributed by atoms with van der Waals surface area (Å²) in [6.07, 6.45) is 8.07. The Kier molecular flexibility index (Phi) is 5.61. The molecule has 3 amide bonds. The summed E-state index contributed by atoms with van der Waals surface area (Å²) in [4.78, 5) is 43.9. The third-order valence-corrected chi connectivity index (χ3v) is 5.55. The highest BCUT2D eigenvalue weighted by Gasteiger charge is 2.26. The summed E-state index contributed by atoms with van der Waals surface area (Å²) in [6, 6.07) is 5.32. The van der Waals surface area contributed by atoms with E-state index in [-0.39, 0.29) is 23.2 Å². The molecule has 150 valence electrons. The first kappa shape index (κ1) is 19.2. The lowest BCUT2D eigenvalue weighted by atomic mass is 9.91. The molecule has 1 aliphatic carbocycles. The van der Waals surface area contributed by atoms with Gasteiger partial charge in [0.25, 0.3) is 17.1 Å². The van der Waals surface area contributed by atoms with Crippen LogP contribution < -0.4 is 16.0 Å². The number of nitrogens with one attached hydrogen (secondary N) is 3. The van der Waals surface area contributed by atoms with Gasteiger partial charge in [-0.2, -0.15) is 0 Å². The lowest BCUT2D eigenvalue weighted by molar-refractivity contribution is -0.115. The molecule has 1 saturated heterocycles. The molecule has 3 N–H and O–H groups in total. The van der Waals surface area contributed by atoms with Crippen LogP contribution in [0.1, 0.15) is 41.9 Å². The summed E-state index contributed by atoms with van der Waals surface area (Å²) in [5, 5.41) is 8.14. The van der Waals surface area contributed by atoms with Gasteiger partial charge in [0, 0.05) is 18.3 Å². The number of amides is 3. The van der Waals surface area contributed by atoms with E-state index in [4.69, 9.17) is 4.42 Å². The number of thioether (sulfide) groups is 1. The minimum atomic E-state index is -0.414. The van der Waals surface area contributed by atoms with E-state index in [1.807, 2.05) is 0 Å². The maximum Gasteiger partial charge on any atom is 0.290 e. The lowest BCUT2D eigenvalue weighted by Crippen LogP contribution is -2.40. The van der Waals surface area contributed by atoms with Gasteiger partial charge in [-0.15, -0.1) is 0 Å². The van der Waals surface area contributed by atoms with Crippen LogP contribution in [0.4, 0.5) is 10.7 Å². The Morgan fingerprint density at radius 3 is 2.69 bits per heavy atom. The van der Waals surface area contributed by atoms with Crippen molar-refractivity contribution in [2.75, 3.05) is 5.32 Å². The third-order valence-electron chi connectivity index (χ3n) is 4.74. The maximum atomic E-state index is 12.1. The zero-order chi connectivity index (χ0) is 20.2. The first-order valence-electron chi connectivity index (χ1n) is 9.25. The first-order valence-corrected chi connectivity index (χ1v) is 10.1. The van der Waals surface area contributed by atoms with Crippen molar-refractivity contribution < 1.29 is 18.8 Å². The number of hydrogen-bond acceptors (Lipinski definition) is 8. The van der Waals surface area contributed by atoms with E-state index in [1.54, 1.807) is 30.5 Å². The van der Waals surface area contributed by atoms with Crippen molar-refractivity contribution in [1.29, 1.82) is 0 Å². The number of carbonyl (C=O) groups excluding carboxylic acids is 3. The van der Waals surface area contributed by atoms with Crippen molar-refractivity contribution in [2.45, 2.75) is 37.8 Å². The summed E-state index contributed by atoms with van der Waals surface area (Å²) < 4.78 is 5.12. The molecule has 0 radical (unpaired) electrons. The van der Waals surface area contributed by atoms with Gasteiger partial charge in [-0.1, -0.05) is 0 Å². The van der Waals surface area contributed by atoms with Gasteiger partial charge < -0.3 is 15.1 Å². The number of carbonyl (C=O) groups is 3. The number of nitrogens with zero attached hydrogens (tertiary/aromatic N) is 2. The number of anilines is 1. The van der Waals surface area contributed by atoms with Crippen molar-refractivity contribution >= 4 is 40.8 Å². The van der Waals surface area contributed by atoms with Gasteiger partial charge in [-0.25, -0.2) is 9.97 Å². The molecule has 0 aromatic carbocycles. The smallest absolute Gasteiger partial charge is 0.290 e. The Morgan fingerprint density at radius 1 is 1.21 bits per heavy atom. The summed E-state index contributed by atoms with van der Waals surface area (Å²) in [7, 11) is 0. The second-order valence-electron chi connectivity index (χ2n) is 6.80. The van der Waals surface area contributed by atoms with Gasteiger partial charge in [0.2, 0.25) is 5.95 Å². The Hall–Kier alpha value is -3.14. The highest BCUT2D eigenvalue weighted by atomic mass is 32.2. The summed E-state index contributed by atoms with van der Waals surface area (Å²) in [5.74, 6) is 0.184. The first-order chi connectivity index (χ1) is 14.1. The summed E-state index contributed by atoms with van der Waals surface area (Å²) in [6.45, 7) is 0. The van der Waals surface area contributed by atoms with Gasteiger partial charge in [0.05, 0.1) is 16.9 Å². The molecule has 2 fully saturated rings. The van der Waals surface area contributed by atoms with Crippen molar-refractivity contribution in [3.63, 3.8) is 0 Å². The van der Waals surface area contributed by atoms with Gasteiger partial charge >= 0.3 is 0 Å². The Balaban J connectivity index is 1.30. The maximum absolute atomic E-state index is 12.1. The molecular formula is C19H19N5O4S. The van der Waals surface area contributed by atoms with Crippen molar-refractivity contribution in [1.82, 2.24) is 20.6 Å². The zero-order valence-electron chi connectivity index (χ0n) is 15.4. The molecule has 0 bridgehead atoms. The number of rotatable bonds is 5. The highest BCUT2D eigenvalue weighted by Crippen LogP contribution is 2.25. The minimum absolute atomic E-state index is 0.109. The Morgan fingerprint density at radius 2 is 2.00 bits per heavy atom. The van der Waals surface area contributed by atoms with E-state index in [2.05, 4.69) is 25.9 Å². The average molecular weight is 413 g/mol. The fourth-order valence-electron chi connectivity index (χ4n) is 3.31. The van der Waals surface area contributed by atoms with Crippen LogP contribution in [0.25, 0.3) is 6.08 Å². The van der Waals surface area contributed by atoms with Crippen LogP contribution in [-0.4, -0.2) is 39.1 Å². The third kappa shape index (κ3) is 4.83. The van der Waals surface area contributed by atoms with Crippen LogP contribution in [-0.2, 0) is 4.79 Å². The molecule has 2 aromatic rings. The van der Waals surface area contributed by atoms with Gasteiger partial charge in [-0.3, -0.25) is 19.7 Å². The summed E-state index contributed by atoms with van der Waals surface area (Å²) in [5.41, 5.74) is 0.550. The molecule has 1 saturated carbocycles. The van der Waals surface area contributed by atoms with Crippen molar-refractivity contribution in [2.24, 2.45) is 0 Å². The van der Waals surface area contributed by atoms with Crippen LogP contribution in [0.15, 0.2) is 40.0 Å². The molecule has 1 aliphatic heterocycles. The zero-order valence-corrected chi connectivity index (χ0v) is 16.2. The summed E-state index contributed by atoms with van der Waals surface area (Å²) >= 11 is 0.854. The van der Waals surface area contributed by atoms with Crippen molar-refractivity contribution in [3.05, 3.63) is 47.0 Å². The monoisotopic (exact) mass is 413 g/mol. The van der Waals surface area contributed by atoms with Gasteiger partial charge in [0.1, 0.15) is 0 Å². The van der Waals surface area contributed by atoms with E-state index < -0.39 is 5.91 Å². The SMILES string of the molecule is O=C1NC(=O)C(=Cc2ccnc(NC3CCC(NC(=O)c4ccco4)CC3)n2)S1. The number of hydrogen-bond donors (Lipinski definition) is 3. The standard InChI is InChI=1S/C19H19N5O4S/c25-16(14-2-1-9-28-14)21-11-3-5-12(6-4-11)22-18-20-8-7-13(23-18)10-15-17(26)24-19(27)29-15/h1-2,7-12H,3-6H2,(H,21,25)(H,20,22,23)(H,24,26,27). The van der Waals surface area contributed by atoms with E-state index in [9.17, 15) is 14.4 Å². The fraction of sp³-hybridized carbons (Fsp3) is 0.316. The predicted molar refractivity (Wildman–Crippen MR) is 107 cm³/mol. The second kappa shape index (κ2) is 8.48. The average Bonchev–Trinajstić information content (AvgIpc) is 3.34.